The molecule has 0 aliphatic rings. The predicted octanol–water partition coefficient (Wildman–Crippen LogP) is 2.92. The lowest BCUT2D eigenvalue weighted by Gasteiger charge is -2.08. The van der Waals surface area contributed by atoms with Gasteiger partial charge in [0.05, 0.1) is 20.1 Å². The summed E-state index contributed by atoms with van der Waals surface area (Å²) in [6.45, 7) is 2.58. The maximum absolute atomic E-state index is 11.8. The third-order valence-electron chi connectivity index (χ3n) is 2.88. The molecule has 1 amide bonds. The fraction of sp³-hybridized carbons (Fsp3) is 0.267. The summed E-state index contributed by atoms with van der Waals surface area (Å²) < 4.78 is 5.26. The number of hydrogen-bond acceptors (Lipinski definition) is 3. The van der Waals surface area contributed by atoms with Crippen molar-refractivity contribution in [1.82, 2.24) is 5.32 Å². The van der Waals surface area contributed by atoms with Crippen LogP contribution in [0.25, 0.3) is 0 Å². The Morgan fingerprint density at radius 2 is 2.21 bits per heavy atom. The van der Waals surface area contributed by atoms with Crippen molar-refractivity contribution < 1.29 is 9.53 Å². The molecule has 0 radical (unpaired) electrons. The number of hydrogen-bond donors (Lipinski definition) is 1. The average Bonchev–Trinajstić information content (AvgIpc) is 2.92. The fourth-order valence-electron chi connectivity index (χ4n) is 1.82. The van der Waals surface area contributed by atoms with Gasteiger partial charge in [-0.25, -0.2) is 0 Å². The van der Waals surface area contributed by atoms with Crippen LogP contribution in [0.1, 0.15) is 16.0 Å². The van der Waals surface area contributed by atoms with Crippen LogP contribution in [0.15, 0.2) is 35.7 Å². The molecule has 1 N–H and O–H groups in total. The van der Waals surface area contributed by atoms with Crippen LogP contribution in [0.2, 0.25) is 0 Å². The molecule has 0 spiro atoms. The molecule has 0 saturated carbocycles. The quantitative estimate of drug-likeness (QED) is 0.911. The van der Waals surface area contributed by atoms with E-state index >= 15 is 0 Å². The molecule has 0 fully saturated rings. The van der Waals surface area contributed by atoms with E-state index in [-0.39, 0.29) is 5.91 Å². The molecule has 19 heavy (non-hydrogen) atoms. The van der Waals surface area contributed by atoms with Gasteiger partial charge in [-0.15, -0.1) is 11.3 Å². The average molecular weight is 275 g/mol. The van der Waals surface area contributed by atoms with E-state index in [4.69, 9.17) is 4.74 Å². The van der Waals surface area contributed by atoms with Crippen molar-refractivity contribution in [3.63, 3.8) is 0 Å². The molecule has 0 saturated heterocycles. The molecule has 4 heteroatoms. The lowest BCUT2D eigenvalue weighted by molar-refractivity contribution is -0.120. The van der Waals surface area contributed by atoms with Crippen LogP contribution in [0, 0.1) is 6.92 Å². The van der Waals surface area contributed by atoms with Gasteiger partial charge in [0.2, 0.25) is 5.91 Å². The van der Waals surface area contributed by atoms with Gasteiger partial charge in [0.15, 0.2) is 0 Å². The zero-order valence-electron chi connectivity index (χ0n) is 11.1. The highest BCUT2D eigenvalue weighted by atomic mass is 32.1. The van der Waals surface area contributed by atoms with E-state index in [9.17, 15) is 4.79 Å². The first kappa shape index (κ1) is 13.6. The van der Waals surface area contributed by atoms with E-state index < -0.39 is 0 Å². The minimum atomic E-state index is 0.0271. The Bertz CT molecular complexity index is 549. The summed E-state index contributed by atoms with van der Waals surface area (Å²) in [5.41, 5.74) is 2.04. The summed E-state index contributed by atoms with van der Waals surface area (Å²) in [6.07, 6.45) is 0.377. The first-order valence-electron chi connectivity index (χ1n) is 6.11. The SMILES string of the molecule is COc1cc(CC(=O)NCc2cccs2)ccc1C. The van der Waals surface area contributed by atoms with Crippen molar-refractivity contribution in [2.75, 3.05) is 7.11 Å². The van der Waals surface area contributed by atoms with Crippen LogP contribution in [0.3, 0.4) is 0 Å². The third-order valence-corrected chi connectivity index (χ3v) is 3.75. The van der Waals surface area contributed by atoms with Gasteiger partial charge in [-0.2, -0.15) is 0 Å². The van der Waals surface area contributed by atoms with Gasteiger partial charge in [-0.05, 0) is 35.6 Å². The van der Waals surface area contributed by atoms with Crippen LogP contribution in [-0.2, 0) is 17.8 Å². The maximum Gasteiger partial charge on any atom is 0.224 e. The number of rotatable bonds is 5. The molecule has 1 heterocycles. The standard InChI is InChI=1S/C15H17NO2S/c1-11-5-6-12(8-14(11)18-2)9-15(17)16-10-13-4-3-7-19-13/h3-8H,9-10H2,1-2H3,(H,16,17). The van der Waals surface area contributed by atoms with Gasteiger partial charge < -0.3 is 10.1 Å². The smallest absolute Gasteiger partial charge is 0.224 e. The molecule has 0 aliphatic carbocycles. The number of benzene rings is 1. The van der Waals surface area contributed by atoms with Gasteiger partial charge >= 0.3 is 0 Å². The molecule has 100 valence electrons. The number of aryl methyl sites for hydroxylation is 1. The first-order valence-corrected chi connectivity index (χ1v) is 6.99. The van der Waals surface area contributed by atoms with E-state index in [1.165, 1.54) is 0 Å². The van der Waals surface area contributed by atoms with Crippen molar-refractivity contribution in [2.24, 2.45) is 0 Å². The Kier molecular flexibility index (Phi) is 4.58. The van der Waals surface area contributed by atoms with Crippen LogP contribution in [-0.4, -0.2) is 13.0 Å². The second-order valence-electron chi connectivity index (χ2n) is 4.34. The van der Waals surface area contributed by atoms with E-state index in [2.05, 4.69) is 5.32 Å². The molecule has 2 aromatic rings. The molecule has 2 rings (SSSR count). The number of thiophene rings is 1. The lowest BCUT2D eigenvalue weighted by atomic mass is 10.1. The summed E-state index contributed by atoms with van der Waals surface area (Å²) in [7, 11) is 1.64. The van der Waals surface area contributed by atoms with Crippen molar-refractivity contribution in [2.45, 2.75) is 19.9 Å². The number of amides is 1. The summed E-state index contributed by atoms with van der Waals surface area (Å²) in [6, 6.07) is 9.85. The van der Waals surface area contributed by atoms with Crippen molar-refractivity contribution in [3.8, 4) is 5.75 Å². The molecular formula is C15H17NO2S. The van der Waals surface area contributed by atoms with Crippen LogP contribution in [0.5, 0.6) is 5.75 Å². The van der Waals surface area contributed by atoms with Crippen molar-refractivity contribution in [1.29, 1.82) is 0 Å². The minimum Gasteiger partial charge on any atom is -0.496 e. The second kappa shape index (κ2) is 6.38. The normalized spacial score (nSPS) is 10.2. The fourth-order valence-corrected chi connectivity index (χ4v) is 2.47. The van der Waals surface area contributed by atoms with Crippen LogP contribution < -0.4 is 10.1 Å². The van der Waals surface area contributed by atoms with Gasteiger partial charge in [0, 0.05) is 4.88 Å². The molecule has 0 aliphatic heterocycles. The molecule has 0 atom stereocenters. The lowest BCUT2D eigenvalue weighted by Crippen LogP contribution is -2.24. The Morgan fingerprint density at radius 3 is 2.89 bits per heavy atom. The minimum absolute atomic E-state index is 0.0271. The summed E-state index contributed by atoms with van der Waals surface area (Å²) in [5.74, 6) is 0.850. The zero-order valence-corrected chi connectivity index (χ0v) is 11.9. The summed E-state index contributed by atoms with van der Waals surface area (Å²) in [5, 5.41) is 4.92. The monoisotopic (exact) mass is 275 g/mol. The molecule has 1 aromatic heterocycles. The molecule has 0 bridgehead atoms. The number of carbonyl (C=O) groups excluding carboxylic acids is 1. The number of nitrogens with one attached hydrogen (secondary N) is 1. The topological polar surface area (TPSA) is 38.3 Å². The largest absolute Gasteiger partial charge is 0.496 e. The summed E-state index contributed by atoms with van der Waals surface area (Å²) >= 11 is 1.64. The first-order chi connectivity index (χ1) is 9.19. The second-order valence-corrected chi connectivity index (χ2v) is 5.37. The van der Waals surface area contributed by atoms with Gasteiger partial charge in [0.25, 0.3) is 0 Å². The Morgan fingerprint density at radius 1 is 1.37 bits per heavy atom. The van der Waals surface area contributed by atoms with Gasteiger partial charge in [0.1, 0.15) is 5.75 Å². The predicted molar refractivity (Wildman–Crippen MR) is 77.6 cm³/mol. The molecule has 1 aromatic carbocycles. The number of ether oxygens (including phenoxy) is 1. The van der Waals surface area contributed by atoms with Crippen molar-refractivity contribution >= 4 is 17.2 Å². The van der Waals surface area contributed by atoms with E-state index in [0.29, 0.717) is 13.0 Å². The van der Waals surface area contributed by atoms with Gasteiger partial charge in [-0.1, -0.05) is 18.2 Å². The molecule has 3 nitrogen and oxygen atoms in total. The van der Waals surface area contributed by atoms with Crippen molar-refractivity contribution in [3.05, 3.63) is 51.7 Å². The summed E-state index contributed by atoms with van der Waals surface area (Å²) in [4.78, 5) is 13.0. The van der Waals surface area contributed by atoms with Gasteiger partial charge in [-0.3, -0.25) is 4.79 Å². The van der Waals surface area contributed by atoms with E-state index in [1.807, 2.05) is 42.6 Å². The Labute approximate surface area is 117 Å². The van der Waals surface area contributed by atoms with E-state index in [0.717, 1.165) is 21.8 Å². The molecule has 0 unspecified atom stereocenters. The van der Waals surface area contributed by atoms with Crippen LogP contribution in [0.4, 0.5) is 0 Å². The molecular weight excluding hydrogens is 258 g/mol. The Hall–Kier alpha value is -1.81. The third kappa shape index (κ3) is 3.83. The highest BCUT2D eigenvalue weighted by Gasteiger charge is 2.06. The van der Waals surface area contributed by atoms with E-state index in [1.54, 1.807) is 18.4 Å². The Balaban J connectivity index is 1.91. The number of carbonyl (C=O) groups is 1. The maximum atomic E-state index is 11.8. The highest BCUT2D eigenvalue weighted by molar-refractivity contribution is 7.09. The zero-order chi connectivity index (χ0) is 13.7. The van der Waals surface area contributed by atoms with Crippen LogP contribution >= 0.6 is 11.3 Å². The number of methoxy groups -OCH3 is 1. The highest BCUT2D eigenvalue weighted by Crippen LogP contribution is 2.19.